The molecular weight excluding hydrogens is 222 g/mol. The highest BCUT2D eigenvalue weighted by Gasteiger charge is 2.40. The maximum atomic E-state index is 11.8. The minimum atomic E-state index is -1.02. The van der Waals surface area contributed by atoms with Crippen molar-refractivity contribution >= 4 is 6.09 Å². The lowest BCUT2D eigenvalue weighted by Gasteiger charge is -2.42. The van der Waals surface area contributed by atoms with Gasteiger partial charge in [-0.1, -0.05) is 0 Å². The number of nitrogens with zero attached hydrogens (tertiary/aromatic N) is 1. The van der Waals surface area contributed by atoms with Crippen molar-refractivity contribution in [3.63, 3.8) is 0 Å². The molecule has 0 unspecified atom stereocenters. The summed E-state index contributed by atoms with van der Waals surface area (Å²) in [6, 6.07) is 0. The maximum absolute atomic E-state index is 11.8. The summed E-state index contributed by atoms with van der Waals surface area (Å²) in [6.07, 6.45) is -0.00328. The van der Waals surface area contributed by atoms with Crippen LogP contribution in [0.2, 0.25) is 0 Å². The fraction of sp³-hybridized carbons (Fsp3) is 0.917. The normalized spacial score (nSPS) is 30.2. The molecule has 0 radical (unpaired) electrons. The van der Waals surface area contributed by atoms with Crippen molar-refractivity contribution in [2.45, 2.75) is 51.4 Å². The van der Waals surface area contributed by atoms with Crippen LogP contribution in [0.4, 0.5) is 4.79 Å². The number of rotatable bonds is 1. The lowest BCUT2D eigenvalue weighted by molar-refractivity contribution is -0.123. The van der Waals surface area contributed by atoms with Crippen LogP contribution in [0.15, 0.2) is 0 Å². The van der Waals surface area contributed by atoms with Gasteiger partial charge in [0.1, 0.15) is 11.2 Å². The molecule has 0 saturated carbocycles. The Morgan fingerprint density at radius 3 is 2.47 bits per heavy atom. The van der Waals surface area contributed by atoms with Crippen molar-refractivity contribution in [2.75, 3.05) is 20.2 Å². The molecule has 0 aliphatic carbocycles. The van der Waals surface area contributed by atoms with Crippen molar-refractivity contribution in [1.82, 2.24) is 4.90 Å². The Hall–Kier alpha value is -0.810. The number of hydrogen-bond donors (Lipinski definition) is 1. The topological polar surface area (TPSA) is 59.0 Å². The molecule has 100 valence electrons. The van der Waals surface area contributed by atoms with Crippen LogP contribution < -0.4 is 0 Å². The number of carbonyl (C=O) groups excluding carboxylic acids is 1. The van der Waals surface area contributed by atoms with Gasteiger partial charge >= 0.3 is 6.09 Å². The monoisotopic (exact) mass is 245 g/mol. The third-order valence-corrected chi connectivity index (χ3v) is 2.80. The van der Waals surface area contributed by atoms with Crippen molar-refractivity contribution in [1.29, 1.82) is 0 Å². The lowest BCUT2D eigenvalue weighted by Crippen LogP contribution is -2.57. The summed E-state index contributed by atoms with van der Waals surface area (Å²) in [6.45, 7) is 7.93. The molecule has 1 saturated heterocycles. The molecule has 1 aliphatic heterocycles. The molecule has 5 nitrogen and oxygen atoms in total. The van der Waals surface area contributed by atoms with Crippen LogP contribution in [0.3, 0.4) is 0 Å². The summed E-state index contributed by atoms with van der Waals surface area (Å²) in [5, 5.41) is 10.2. The average molecular weight is 245 g/mol. The molecule has 0 aromatic heterocycles. The van der Waals surface area contributed by atoms with Crippen molar-refractivity contribution in [3.8, 4) is 0 Å². The second-order valence-corrected chi connectivity index (χ2v) is 5.77. The summed E-state index contributed by atoms with van der Waals surface area (Å²) in [5.74, 6) is 0. The van der Waals surface area contributed by atoms with E-state index in [0.29, 0.717) is 13.0 Å². The van der Waals surface area contributed by atoms with Gasteiger partial charge in [-0.15, -0.1) is 0 Å². The molecule has 0 aromatic rings. The number of ether oxygens (including phenoxy) is 2. The summed E-state index contributed by atoms with van der Waals surface area (Å²) >= 11 is 0. The molecule has 0 aromatic carbocycles. The van der Waals surface area contributed by atoms with E-state index in [1.165, 1.54) is 4.90 Å². The Labute approximate surface area is 103 Å². The number of aliphatic hydroxyl groups is 1. The van der Waals surface area contributed by atoms with Crippen LogP contribution in [-0.2, 0) is 9.47 Å². The smallest absolute Gasteiger partial charge is 0.410 e. The standard InChI is InChI=1S/C12H23NO4/c1-11(2,3)17-10(14)13-7-6-9(16-5)12(4,15)8-13/h9,15H,6-8H2,1-5H3/t9-,12+/m1/s1. The van der Waals surface area contributed by atoms with Gasteiger partial charge in [0.05, 0.1) is 12.6 Å². The highest BCUT2D eigenvalue weighted by molar-refractivity contribution is 5.68. The zero-order valence-corrected chi connectivity index (χ0v) is 11.3. The van der Waals surface area contributed by atoms with E-state index in [0.717, 1.165) is 0 Å². The molecule has 2 atom stereocenters. The number of piperidine rings is 1. The lowest BCUT2D eigenvalue weighted by atomic mass is 9.92. The van der Waals surface area contributed by atoms with Crippen LogP contribution in [0.1, 0.15) is 34.1 Å². The first-order valence-corrected chi connectivity index (χ1v) is 5.89. The molecule has 0 bridgehead atoms. The first kappa shape index (κ1) is 14.3. The van der Waals surface area contributed by atoms with E-state index in [1.807, 2.05) is 20.8 Å². The third kappa shape index (κ3) is 3.85. The van der Waals surface area contributed by atoms with Crippen molar-refractivity contribution in [2.24, 2.45) is 0 Å². The Kier molecular flexibility index (Phi) is 4.04. The third-order valence-electron chi connectivity index (χ3n) is 2.80. The number of methoxy groups -OCH3 is 1. The second-order valence-electron chi connectivity index (χ2n) is 5.77. The zero-order valence-electron chi connectivity index (χ0n) is 11.3. The van der Waals surface area contributed by atoms with Crippen molar-refractivity contribution in [3.05, 3.63) is 0 Å². The van der Waals surface area contributed by atoms with Gasteiger partial charge in [-0.3, -0.25) is 0 Å². The van der Waals surface area contributed by atoms with Gasteiger partial charge in [-0.2, -0.15) is 0 Å². The Balaban J connectivity index is 2.62. The maximum Gasteiger partial charge on any atom is 0.410 e. The Morgan fingerprint density at radius 1 is 1.47 bits per heavy atom. The fourth-order valence-electron chi connectivity index (χ4n) is 2.01. The van der Waals surface area contributed by atoms with Gasteiger partial charge in [0.25, 0.3) is 0 Å². The van der Waals surface area contributed by atoms with Crippen LogP contribution in [0.25, 0.3) is 0 Å². The predicted octanol–water partition coefficient (Wildman–Crippen LogP) is 1.39. The Bertz CT molecular complexity index is 283. The highest BCUT2D eigenvalue weighted by Crippen LogP contribution is 2.24. The van der Waals surface area contributed by atoms with Gasteiger partial charge in [0, 0.05) is 13.7 Å². The number of carbonyl (C=O) groups is 1. The molecule has 1 aliphatic rings. The quantitative estimate of drug-likeness (QED) is 0.758. The Morgan fingerprint density at radius 2 is 2.06 bits per heavy atom. The van der Waals surface area contributed by atoms with E-state index in [1.54, 1.807) is 14.0 Å². The van der Waals surface area contributed by atoms with E-state index in [9.17, 15) is 9.90 Å². The van der Waals surface area contributed by atoms with E-state index in [2.05, 4.69) is 0 Å². The molecule has 5 heteroatoms. The zero-order chi connectivity index (χ0) is 13.3. The van der Waals surface area contributed by atoms with E-state index in [4.69, 9.17) is 9.47 Å². The molecule has 1 amide bonds. The largest absolute Gasteiger partial charge is 0.444 e. The summed E-state index contributed by atoms with van der Waals surface area (Å²) in [5.41, 5.74) is -1.54. The molecular formula is C12H23NO4. The van der Waals surface area contributed by atoms with Crippen LogP contribution in [0.5, 0.6) is 0 Å². The van der Waals surface area contributed by atoms with Crippen LogP contribution in [-0.4, -0.2) is 53.6 Å². The first-order valence-electron chi connectivity index (χ1n) is 5.89. The molecule has 1 rings (SSSR count). The van der Waals surface area contributed by atoms with Crippen LogP contribution in [0, 0.1) is 0 Å². The molecule has 17 heavy (non-hydrogen) atoms. The summed E-state index contributed by atoms with van der Waals surface area (Å²) in [7, 11) is 1.57. The van der Waals surface area contributed by atoms with Gasteiger partial charge in [0.2, 0.25) is 0 Å². The van der Waals surface area contributed by atoms with Crippen molar-refractivity contribution < 1.29 is 19.4 Å². The number of likely N-dealkylation sites (tertiary alicyclic amines) is 1. The minimum Gasteiger partial charge on any atom is -0.444 e. The van der Waals surface area contributed by atoms with E-state index >= 15 is 0 Å². The second kappa shape index (κ2) is 4.82. The number of amides is 1. The minimum absolute atomic E-state index is 0.235. The van der Waals surface area contributed by atoms with E-state index in [-0.39, 0.29) is 18.7 Å². The summed E-state index contributed by atoms with van der Waals surface area (Å²) < 4.78 is 10.5. The van der Waals surface area contributed by atoms with Crippen LogP contribution >= 0.6 is 0 Å². The molecule has 1 heterocycles. The molecule has 0 spiro atoms. The van der Waals surface area contributed by atoms with E-state index < -0.39 is 11.2 Å². The van der Waals surface area contributed by atoms with Gasteiger partial charge in [-0.05, 0) is 34.1 Å². The van der Waals surface area contributed by atoms with Gasteiger partial charge in [0.15, 0.2) is 0 Å². The predicted molar refractivity (Wildman–Crippen MR) is 63.8 cm³/mol. The van der Waals surface area contributed by atoms with Gasteiger partial charge in [-0.25, -0.2) is 4.79 Å². The molecule has 1 fully saturated rings. The highest BCUT2D eigenvalue weighted by atomic mass is 16.6. The summed E-state index contributed by atoms with van der Waals surface area (Å²) in [4.78, 5) is 13.4. The SMILES string of the molecule is CO[C@@H]1CCN(C(=O)OC(C)(C)C)C[C@]1(C)O. The molecule has 1 N–H and O–H groups in total. The van der Waals surface area contributed by atoms with Gasteiger partial charge < -0.3 is 19.5 Å². The average Bonchev–Trinajstić information content (AvgIpc) is 2.13. The first-order chi connectivity index (χ1) is 7.65. The number of hydrogen-bond acceptors (Lipinski definition) is 4. The fourth-order valence-corrected chi connectivity index (χ4v) is 2.01. The number of β-amino-alcohol motifs (C(OH)–C–C–N with tert-alkyl or cyclic N) is 1.